The fourth-order valence-electron chi connectivity index (χ4n) is 2.93. The lowest BCUT2D eigenvalue weighted by molar-refractivity contribution is -0.110. The fraction of sp³-hybridized carbons (Fsp3) is 0.500. The zero-order valence-electron chi connectivity index (χ0n) is 19.5. The van der Waals surface area contributed by atoms with Crippen molar-refractivity contribution in [2.75, 3.05) is 20.2 Å². The maximum absolute atomic E-state index is 10.4. The van der Waals surface area contributed by atoms with E-state index in [1.807, 2.05) is 38.1 Å². The maximum Gasteiger partial charge on any atom is 0.207 e. The van der Waals surface area contributed by atoms with Crippen LogP contribution in [0, 0.1) is 5.92 Å². The minimum Gasteiger partial charge on any atom is -0.394 e. The first-order chi connectivity index (χ1) is 15.3. The molecule has 4 N–H and O–H groups in total. The predicted octanol–water partition coefficient (Wildman–Crippen LogP) is 2.19. The lowest BCUT2D eigenvalue weighted by Gasteiger charge is -2.13. The second-order valence-corrected chi connectivity index (χ2v) is 8.20. The summed E-state index contributed by atoms with van der Waals surface area (Å²) in [6.45, 7) is 7.29. The van der Waals surface area contributed by atoms with Crippen molar-refractivity contribution in [3.63, 3.8) is 0 Å². The van der Waals surface area contributed by atoms with E-state index in [1.165, 1.54) is 25.7 Å². The minimum atomic E-state index is -0.372. The van der Waals surface area contributed by atoms with Crippen molar-refractivity contribution in [1.29, 1.82) is 0 Å². The largest absolute Gasteiger partial charge is 0.394 e. The van der Waals surface area contributed by atoms with Crippen LogP contribution < -0.4 is 11.1 Å². The summed E-state index contributed by atoms with van der Waals surface area (Å²) in [5, 5.41) is 11.7. The number of benzene rings is 1. The number of carbonyl (C=O) groups excluding carboxylic acids is 2. The number of aliphatic hydroxyl groups excluding tert-OH is 1. The van der Waals surface area contributed by atoms with Gasteiger partial charge in [0.1, 0.15) is 12.6 Å². The number of aldehydes is 1. The van der Waals surface area contributed by atoms with E-state index in [0.29, 0.717) is 6.41 Å². The van der Waals surface area contributed by atoms with E-state index in [1.54, 1.807) is 12.4 Å². The lowest BCUT2D eigenvalue weighted by Crippen LogP contribution is -2.27. The summed E-state index contributed by atoms with van der Waals surface area (Å²) in [5.74, 6) is 0.275. The van der Waals surface area contributed by atoms with Gasteiger partial charge < -0.3 is 25.9 Å². The Bertz CT molecular complexity index is 763. The lowest BCUT2D eigenvalue weighted by atomic mass is 10.0. The summed E-state index contributed by atoms with van der Waals surface area (Å²) in [5.41, 5.74) is 8.01. The van der Waals surface area contributed by atoms with Crippen LogP contribution in [-0.2, 0) is 9.59 Å². The van der Waals surface area contributed by atoms with Crippen LogP contribution in [-0.4, -0.2) is 65.0 Å². The molecule has 3 unspecified atom stereocenters. The monoisotopic (exact) mass is 443 g/mol. The third kappa shape index (κ3) is 9.64. The molecule has 0 aliphatic carbocycles. The Labute approximate surface area is 191 Å². The normalized spacial score (nSPS) is 17.3. The third-order valence-electron chi connectivity index (χ3n) is 5.47. The van der Waals surface area contributed by atoms with Crippen molar-refractivity contribution in [3.05, 3.63) is 48.5 Å². The Morgan fingerprint density at radius 2 is 1.81 bits per heavy atom. The molecule has 3 rings (SSSR count). The van der Waals surface area contributed by atoms with Crippen LogP contribution in [0.4, 0.5) is 0 Å². The Kier molecular flexibility index (Phi) is 13.0. The Morgan fingerprint density at radius 1 is 1.19 bits per heavy atom. The van der Waals surface area contributed by atoms with Gasteiger partial charge in [-0.2, -0.15) is 0 Å². The summed E-state index contributed by atoms with van der Waals surface area (Å²) in [4.78, 5) is 30.5. The summed E-state index contributed by atoms with van der Waals surface area (Å²) >= 11 is 0. The van der Waals surface area contributed by atoms with Gasteiger partial charge in [0.2, 0.25) is 6.41 Å². The number of aliphatic hydroxyl groups is 1. The van der Waals surface area contributed by atoms with Gasteiger partial charge in [-0.05, 0) is 50.4 Å². The first-order valence-corrected chi connectivity index (χ1v) is 10.9. The first kappa shape index (κ1) is 27.4. The van der Waals surface area contributed by atoms with E-state index in [4.69, 9.17) is 10.8 Å². The molecule has 0 radical (unpaired) electrons. The minimum absolute atomic E-state index is 0.132. The molecule has 1 aromatic heterocycles. The summed E-state index contributed by atoms with van der Waals surface area (Å²) in [6.07, 6.45) is 9.09. The van der Waals surface area contributed by atoms with Gasteiger partial charge >= 0.3 is 0 Å². The van der Waals surface area contributed by atoms with Crippen LogP contribution in [0.15, 0.2) is 43.0 Å². The number of amides is 1. The molecule has 2 aromatic rings. The molecule has 3 atom stereocenters. The number of likely N-dealkylation sites (tertiary alicyclic amines) is 1. The highest BCUT2D eigenvalue weighted by atomic mass is 16.3. The molecule has 1 amide bonds. The number of nitrogens with one attached hydrogen (secondary N) is 1. The van der Waals surface area contributed by atoms with E-state index >= 15 is 0 Å². The van der Waals surface area contributed by atoms with Crippen LogP contribution in [0.2, 0.25) is 0 Å². The molecule has 1 aromatic carbocycles. The van der Waals surface area contributed by atoms with E-state index in [0.717, 1.165) is 29.0 Å². The van der Waals surface area contributed by atoms with Crippen LogP contribution >= 0.6 is 0 Å². The SMILES string of the molecule is CC(C)C(N)C=O.CC1CCCN1C.O=CNC(CO)c1ccc(-c2cncnc2)cc1. The quantitative estimate of drug-likeness (QED) is 0.561. The third-order valence-corrected chi connectivity index (χ3v) is 5.47. The molecule has 32 heavy (non-hydrogen) atoms. The number of carbonyl (C=O) groups is 2. The van der Waals surface area contributed by atoms with Gasteiger partial charge in [0.15, 0.2) is 0 Å². The molecule has 0 saturated carbocycles. The number of aromatic nitrogens is 2. The number of hydrogen-bond donors (Lipinski definition) is 3. The topological polar surface area (TPSA) is 121 Å². The van der Waals surface area contributed by atoms with E-state index in [2.05, 4.69) is 34.2 Å². The van der Waals surface area contributed by atoms with Crippen LogP contribution in [0.3, 0.4) is 0 Å². The van der Waals surface area contributed by atoms with Crippen molar-refractivity contribution in [2.45, 2.75) is 51.7 Å². The van der Waals surface area contributed by atoms with Crippen molar-refractivity contribution >= 4 is 12.7 Å². The number of nitrogens with zero attached hydrogens (tertiary/aromatic N) is 3. The molecule has 1 aliphatic heterocycles. The van der Waals surface area contributed by atoms with Crippen molar-refractivity contribution in [2.24, 2.45) is 11.7 Å². The highest BCUT2D eigenvalue weighted by molar-refractivity contribution is 5.61. The highest BCUT2D eigenvalue weighted by Crippen LogP contribution is 2.20. The zero-order chi connectivity index (χ0) is 23.9. The number of rotatable bonds is 7. The second kappa shape index (κ2) is 15.2. The van der Waals surface area contributed by atoms with Gasteiger partial charge in [0.05, 0.1) is 18.7 Å². The molecule has 0 spiro atoms. The van der Waals surface area contributed by atoms with Gasteiger partial charge in [-0.1, -0.05) is 38.1 Å². The van der Waals surface area contributed by atoms with Crippen LogP contribution in [0.1, 0.15) is 45.2 Å². The fourth-order valence-corrected chi connectivity index (χ4v) is 2.93. The Balaban J connectivity index is 0.000000300. The molecule has 2 heterocycles. The summed E-state index contributed by atoms with van der Waals surface area (Å²) in [6, 6.07) is 7.73. The smallest absolute Gasteiger partial charge is 0.207 e. The average molecular weight is 444 g/mol. The molecule has 1 aliphatic rings. The molecule has 176 valence electrons. The van der Waals surface area contributed by atoms with Crippen LogP contribution in [0.25, 0.3) is 11.1 Å². The van der Waals surface area contributed by atoms with E-state index in [9.17, 15) is 9.59 Å². The zero-order valence-corrected chi connectivity index (χ0v) is 19.5. The molecule has 8 nitrogen and oxygen atoms in total. The Hall–Kier alpha value is -2.68. The second-order valence-electron chi connectivity index (χ2n) is 8.20. The summed E-state index contributed by atoms with van der Waals surface area (Å²) in [7, 11) is 2.19. The molecule has 8 heteroatoms. The van der Waals surface area contributed by atoms with Gasteiger partial charge in [-0.25, -0.2) is 9.97 Å². The van der Waals surface area contributed by atoms with Gasteiger partial charge in [-0.3, -0.25) is 4.79 Å². The number of hydrogen-bond acceptors (Lipinski definition) is 7. The maximum atomic E-state index is 10.4. The van der Waals surface area contributed by atoms with Crippen molar-refractivity contribution in [3.8, 4) is 11.1 Å². The average Bonchev–Trinajstić information content (AvgIpc) is 3.20. The molecule has 1 saturated heterocycles. The van der Waals surface area contributed by atoms with Gasteiger partial charge in [0.25, 0.3) is 0 Å². The molecular formula is C24H37N5O3. The number of nitrogens with two attached hydrogens (primary N) is 1. The summed E-state index contributed by atoms with van der Waals surface area (Å²) < 4.78 is 0. The van der Waals surface area contributed by atoms with Crippen molar-refractivity contribution < 1.29 is 14.7 Å². The van der Waals surface area contributed by atoms with E-state index in [-0.39, 0.29) is 24.6 Å². The van der Waals surface area contributed by atoms with Crippen molar-refractivity contribution in [1.82, 2.24) is 20.2 Å². The standard InChI is InChI=1S/C13H13N3O2.C6H13N.C5H11NO/c17-7-13(16-9-18)11-3-1-10(2-4-11)12-5-14-8-15-6-12;1-6-4-3-5-7(6)2;1-4(2)5(6)3-7/h1-6,8-9,13,17H,7H2,(H,16,18);6H,3-5H2,1-2H3;3-5H,6H2,1-2H3. The molecule has 0 bridgehead atoms. The van der Waals surface area contributed by atoms with Crippen LogP contribution in [0.5, 0.6) is 0 Å². The first-order valence-electron chi connectivity index (χ1n) is 10.9. The molecule has 1 fully saturated rings. The van der Waals surface area contributed by atoms with Gasteiger partial charge in [-0.15, -0.1) is 0 Å². The predicted molar refractivity (Wildman–Crippen MR) is 127 cm³/mol. The highest BCUT2D eigenvalue weighted by Gasteiger charge is 2.14. The van der Waals surface area contributed by atoms with Gasteiger partial charge in [0, 0.05) is 24.0 Å². The Morgan fingerprint density at radius 3 is 2.16 bits per heavy atom. The van der Waals surface area contributed by atoms with E-state index < -0.39 is 0 Å². The molecular weight excluding hydrogens is 406 g/mol.